The Bertz CT molecular complexity index is 285. The van der Waals surface area contributed by atoms with Crippen molar-refractivity contribution in [2.75, 3.05) is 30.1 Å². The number of aromatic nitrogens is 3. The second-order valence-corrected chi connectivity index (χ2v) is 2.96. The number of nitrogens with zero attached hydrogens (tertiary/aromatic N) is 3. The van der Waals surface area contributed by atoms with Gasteiger partial charge in [-0.1, -0.05) is 13.3 Å². The van der Waals surface area contributed by atoms with Crippen molar-refractivity contribution < 1.29 is 4.74 Å². The van der Waals surface area contributed by atoms with Gasteiger partial charge in [-0.2, -0.15) is 15.0 Å². The highest BCUT2D eigenvalue weighted by Crippen LogP contribution is 2.02. The number of unbranched alkanes of at least 4 members (excludes halogenated alkanes) is 1. The van der Waals surface area contributed by atoms with E-state index in [4.69, 9.17) is 16.2 Å². The Balaban J connectivity index is 2.31. The standard InChI is InChI=1S/C8H16N6O/c1-2-3-4-15-5-11-8-13-6(9)12-7(10)14-8/h2-5H2,1H3,(H5,9,10,11,12,13,14). The highest BCUT2D eigenvalue weighted by molar-refractivity contribution is 5.36. The second kappa shape index (κ2) is 5.97. The SMILES string of the molecule is CCCCOCNc1nc(N)nc(N)n1. The molecule has 0 amide bonds. The summed E-state index contributed by atoms with van der Waals surface area (Å²) in [7, 11) is 0. The highest BCUT2D eigenvalue weighted by atomic mass is 16.5. The molecular weight excluding hydrogens is 196 g/mol. The molecule has 0 unspecified atom stereocenters. The Labute approximate surface area is 88.3 Å². The zero-order chi connectivity index (χ0) is 11.1. The highest BCUT2D eigenvalue weighted by Gasteiger charge is 1.99. The van der Waals surface area contributed by atoms with Crippen LogP contribution in [0.1, 0.15) is 19.8 Å². The number of nitrogens with one attached hydrogen (secondary N) is 1. The monoisotopic (exact) mass is 212 g/mol. The summed E-state index contributed by atoms with van der Waals surface area (Å²) >= 11 is 0. The zero-order valence-electron chi connectivity index (χ0n) is 8.73. The molecule has 7 heteroatoms. The van der Waals surface area contributed by atoms with Crippen LogP contribution >= 0.6 is 0 Å². The minimum Gasteiger partial charge on any atom is -0.368 e. The van der Waals surface area contributed by atoms with E-state index in [9.17, 15) is 0 Å². The van der Waals surface area contributed by atoms with Crippen LogP contribution in [0, 0.1) is 0 Å². The molecule has 0 bridgehead atoms. The Kier molecular flexibility index (Phi) is 4.55. The topological polar surface area (TPSA) is 112 Å². The molecule has 0 aromatic carbocycles. The van der Waals surface area contributed by atoms with E-state index in [0.29, 0.717) is 19.3 Å². The molecule has 0 aliphatic heterocycles. The number of ether oxygens (including phenoxy) is 1. The summed E-state index contributed by atoms with van der Waals surface area (Å²) in [6.45, 7) is 3.15. The van der Waals surface area contributed by atoms with E-state index in [-0.39, 0.29) is 11.9 Å². The summed E-state index contributed by atoms with van der Waals surface area (Å²) in [5.41, 5.74) is 10.8. The summed E-state index contributed by atoms with van der Waals surface area (Å²) in [5.74, 6) is 0.522. The Morgan fingerprint density at radius 3 is 2.47 bits per heavy atom. The molecule has 0 atom stereocenters. The summed E-state index contributed by atoms with van der Waals surface area (Å²) in [4.78, 5) is 11.3. The van der Waals surface area contributed by atoms with E-state index in [0.717, 1.165) is 12.8 Å². The van der Waals surface area contributed by atoms with E-state index >= 15 is 0 Å². The van der Waals surface area contributed by atoms with Crippen molar-refractivity contribution >= 4 is 17.8 Å². The van der Waals surface area contributed by atoms with Gasteiger partial charge in [0.15, 0.2) is 0 Å². The van der Waals surface area contributed by atoms with Crippen LogP contribution in [0.25, 0.3) is 0 Å². The number of hydrogen-bond donors (Lipinski definition) is 3. The van der Waals surface area contributed by atoms with Gasteiger partial charge in [0.1, 0.15) is 6.73 Å². The van der Waals surface area contributed by atoms with Gasteiger partial charge >= 0.3 is 0 Å². The van der Waals surface area contributed by atoms with Crippen LogP contribution in [0.4, 0.5) is 17.8 Å². The third kappa shape index (κ3) is 4.41. The Morgan fingerprint density at radius 2 is 1.87 bits per heavy atom. The van der Waals surface area contributed by atoms with Crippen molar-refractivity contribution in [1.29, 1.82) is 0 Å². The minimum absolute atomic E-state index is 0.0959. The average molecular weight is 212 g/mol. The fourth-order valence-corrected chi connectivity index (χ4v) is 0.923. The first-order valence-corrected chi connectivity index (χ1v) is 4.81. The van der Waals surface area contributed by atoms with E-state index in [2.05, 4.69) is 27.2 Å². The first-order chi connectivity index (χ1) is 7.22. The predicted octanol–water partition coefficient (Wildman–Crippen LogP) is 0.222. The van der Waals surface area contributed by atoms with Gasteiger partial charge in [0.2, 0.25) is 17.8 Å². The average Bonchev–Trinajstić information content (AvgIpc) is 2.16. The van der Waals surface area contributed by atoms with Gasteiger partial charge in [-0.3, -0.25) is 0 Å². The molecule has 5 N–H and O–H groups in total. The Hall–Kier alpha value is -1.63. The van der Waals surface area contributed by atoms with E-state index in [1.807, 2.05) is 0 Å². The van der Waals surface area contributed by atoms with Gasteiger partial charge in [-0.15, -0.1) is 0 Å². The number of nitrogen functional groups attached to an aromatic ring is 2. The summed E-state index contributed by atoms with van der Waals surface area (Å²) in [6, 6.07) is 0. The largest absolute Gasteiger partial charge is 0.368 e. The first-order valence-electron chi connectivity index (χ1n) is 4.81. The molecular formula is C8H16N6O. The van der Waals surface area contributed by atoms with Crippen LogP contribution in [-0.2, 0) is 4.74 Å². The van der Waals surface area contributed by atoms with Gasteiger partial charge in [0.05, 0.1) is 0 Å². The third-order valence-electron chi connectivity index (χ3n) is 1.64. The fourth-order valence-electron chi connectivity index (χ4n) is 0.923. The molecule has 1 aromatic rings. The van der Waals surface area contributed by atoms with Crippen molar-refractivity contribution in [3.8, 4) is 0 Å². The summed E-state index contributed by atoms with van der Waals surface area (Å²) in [5, 5.41) is 2.84. The van der Waals surface area contributed by atoms with Crippen LogP contribution < -0.4 is 16.8 Å². The lowest BCUT2D eigenvalue weighted by atomic mass is 10.4. The lowest BCUT2D eigenvalue weighted by molar-refractivity contribution is 0.148. The molecule has 0 saturated heterocycles. The van der Waals surface area contributed by atoms with Crippen LogP contribution in [0.5, 0.6) is 0 Å². The lowest BCUT2D eigenvalue weighted by Gasteiger charge is -2.06. The van der Waals surface area contributed by atoms with Crippen LogP contribution in [0.15, 0.2) is 0 Å². The van der Waals surface area contributed by atoms with E-state index < -0.39 is 0 Å². The van der Waals surface area contributed by atoms with Gasteiger partial charge in [0, 0.05) is 6.61 Å². The Morgan fingerprint density at radius 1 is 1.20 bits per heavy atom. The second-order valence-electron chi connectivity index (χ2n) is 2.96. The number of hydrogen-bond acceptors (Lipinski definition) is 7. The predicted molar refractivity (Wildman–Crippen MR) is 58.0 cm³/mol. The molecule has 0 spiro atoms. The molecule has 15 heavy (non-hydrogen) atoms. The zero-order valence-corrected chi connectivity index (χ0v) is 8.73. The van der Waals surface area contributed by atoms with Crippen LogP contribution in [0.3, 0.4) is 0 Å². The molecule has 1 heterocycles. The molecule has 1 aromatic heterocycles. The van der Waals surface area contributed by atoms with Gasteiger partial charge < -0.3 is 21.5 Å². The first kappa shape index (κ1) is 11.4. The molecule has 1 rings (SSSR count). The van der Waals surface area contributed by atoms with E-state index in [1.54, 1.807) is 0 Å². The normalized spacial score (nSPS) is 10.2. The quantitative estimate of drug-likeness (QED) is 0.456. The maximum atomic E-state index is 5.39. The maximum absolute atomic E-state index is 5.39. The van der Waals surface area contributed by atoms with Crippen molar-refractivity contribution in [3.63, 3.8) is 0 Å². The van der Waals surface area contributed by atoms with Crippen molar-refractivity contribution in [3.05, 3.63) is 0 Å². The number of nitrogens with two attached hydrogens (primary N) is 2. The van der Waals surface area contributed by atoms with Gasteiger partial charge in [-0.25, -0.2) is 0 Å². The maximum Gasteiger partial charge on any atom is 0.231 e. The van der Waals surface area contributed by atoms with Crippen molar-refractivity contribution in [1.82, 2.24) is 15.0 Å². The molecule has 0 saturated carbocycles. The van der Waals surface area contributed by atoms with Gasteiger partial charge in [0.25, 0.3) is 0 Å². The molecule has 0 fully saturated rings. The number of anilines is 3. The molecule has 7 nitrogen and oxygen atoms in total. The van der Waals surface area contributed by atoms with Crippen LogP contribution in [-0.4, -0.2) is 28.3 Å². The summed E-state index contributed by atoms with van der Waals surface area (Å²) < 4.78 is 5.26. The van der Waals surface area contributed by atoms with Crippen molar-refractivity contribution in [2.24, 2.45) is 0 Å². The summed E-state index contributed by atoms with van der Waals surface area (Å²) in [6.07, 6.45) is 2.13. The van der Waals surface area contributed by atoms with Gasteiger partial charge in [-0.05, 0) is 6.42 Å². The van der Waals surface area contributed by atoms with Crippen molar-refractivity contribution in [2.45, 2.75) is 19.8 Å². The van der Waals surface area contributed by atoms with E-state index in [1.165, 1.54) is 0 Å². The molecule has 84 valence electrons. The molecule has 0 aliphatic carbocycles. The molecule has 0 aliphatic rings. The smallest absolute Gasteiger partial charge is 0.231 e. The third-order valence-corrected chi connectivity index (χ3v) is 1.64. The van der Waals surface area contributed by atoms with Crippen LogP contribution in [0.2, 0.25) is 0 Å². The lowest BCUT2D eigenvalue weighted by Crippen LogP contribution is -2.12. The minimum atomic E-state index is 0.0959. The fraction of sp³-hybridized carbons (Fsp3) is 0.625. The molecule has 0 radical (unpaired) electrons. The number of rotatable bonds is 6.